The van der Waals surface area contributed by atoms with E-state index >= 15 is 0 Å². The Balaban J connectivity index is 1.67. The maximum atomic E-state index is 12.4. The van der Waals surface area contributed by atoms with Crippen LogP contribution in [0.3, 0.4) is 0 Å². The summed E-state index contributed by atoms with van der Waals surface area (Å²) in [5.74, 6) is 0.395. The zero-order chi connectivity index (χ0) is 17.0. The normalized spacial score (nSPS) is 18.3. The molecule has 0 saturated carbocycles. The molecule has 124 valence electrons. The van der Waals surface area contributed by atoms with Crippen molar-refractivity contribution < 1.29 is 19.4 Å². The smallest absolute Gasteiger partial charge is 0.335 e. The predicted octanol–water partition coefficient (Wildman–Crippen LogP) is 1.47. The number of carboxylic acid groups (broad SMARTS) is 1. The van der Waals surface area contributed by atoms with Gasteiger partial charge in [0, 0.05) is 25.8 Å². The zero-order valence-corrected chi connectivity index (χ0v) is 13.3. The summed E-state index contributed by atoms with van der Waals surface area (Å²) < 4.78 is 7.49. The predicted molar refractivity (Wildman–Crippen MR) is 85.2 cm³/mol. The third kappa shape index (κ3) is 2.11. The summed E-state index contributed by atoms with van der Waals surface area (Å²) in [6.07, 6.45) is 0. The molecule has 2 aromatic rings. The van der Waals surface area contributed by atoms with Gasteiger partial charge in [0.15, 0.2) is 18.3 Å². The Labute approximate surface area is 138 Å². The van der Waals surface area contributed by atoms with Crippen LogP contribution in [0.15, 0.2) is 30.3 Å². The second kappa shape index (κ2) is 5.00. The first-order valence-corrected chi connectivity index (χ1v) is 7.43. The number of benzene rings is 1. The lowest BCUT2D eigenvalue weighted by molar-refractivity contribution is 0.0696. The number of aromatic carboxylic acids is 1. The summed E-state index contributed by atoms with van der Waals surface area (Å²) >= 11 is 0. The quantitative estimate of drug-likeness (QED) is 0.860. The molecule has 2 aliphatic rings. The summed E-state index contributed by atoms with van der Waals surface area (Å²) in [5.41, 5.74) is 1.59. The number of fused-ring (bicyclic) bond motifs is 1. The second-order valence-corrected chi connectivity index (χ2v) is 5.83. The van der Waals surface area contributed by atoms with E-state index < -0.39 is 5.97 Å². The third-order valence-corrected chi connectivity index (χ3v) is 4.32. The van der Waals surface area contributed by atoms with Gasteiger partial charge in [0.25, 0.3) is 5.91 Å². The summed E-state index contributed by atoms with van der Waals surface area (Å²) in [4.78, 5) is 25.3. The van der Waals surface area contributed by atoms with E-state index in [1.54, 1.807) is 35.3 Å². The highest BCUT2D eigenvalue weighted by atomic mass is 16.5. The molecule has 1 N–H and O–H groups in total. The monoisotopic (exact) mass is 328 g/mol. The molecule has 1 fully saturated rings. The van der Waals surface area contributed by atoms with Crippen molar-refractivity contribution in [1.29, 1.82) is 0 Å². The molecule has 1 aromatic carbocycles. The van der Waals surface area contributed by atoms with Crippen molar-refractivity contribution in [2.24, 2.45) is 7.05 Å². The van der Waals surface area contributed by atoms with E-state index in [1.807, 2.05) is 28.6 Å². The summed E-state index contributed by atoms with van der Waals surface area (Å²) in [6, 6.07) is 8.31. The number of hydrazine groups is 1. The van der Waals surface area contributed by atoms with Gasteiger partial charge in [-0.1, -0.05) is 0 Å². The van der Waals surface area contributed by atoms with Crippen molar-refractivity contribution in [3.8, 4) is 5.75 Å². The molecule has 0 bridgehead atoms. The first-order valence-electron chi connectivity index (χ1n) is 7.43. The number of hydrogen-bond donors (Lipinski definition) is 1. The minimum Gasteiger partial charge on any atom is -0.478 e. The van der Waals surface area contributed by atoms with E-state index in [-0.39, 0.29) is 11.5 Å². The fourth-order valence-corrected chi connectivity index (χ4v) is 2.88. The van der Waals surface area contributed by atoms with Crippen LogP contribution in [0.2, 0.25) is 0 Å². The Hall–Kier alpha value is -3.00. The Kier molecular flexibility index (Phi) is 3.04. The molecule has 0 spiro atoms. The molecule has 2 aliphatic heterocycles. The number of carbonyl (C=O) groups excluding carboxylic acids is 1. The molecule has 24 heavy (non-hydrogen) atoms. The largest absolute Gasteiger partial charge is 0.478 e. The number of anilines is 2. The number of aromatic nitrogens is 1. The molecule has 0 aliphatic carbocycles. The number of ether oxygens (including phenoxy) is 1. The van der Waals surface area contributed by atoms with Crippen LogP contribution in [0.1, 0.15) is 20.8 Å². The minimum atomic E-state index is -0.964. The van der Waals surface area contributed by atoms with E-state index in [0.29, 0.717) is 24.8 Å². The van der Waals surface area contributed by atoms with Crippen LogP contribution in [-0.2, 0) is 7.05 Å². The van der Waals surface area contributed by atoms with Crippen LogP contribution in [-0.4, -0.2) is 52.0 Å². The molecule has 1 amide bonds. The summed E-state index contributed by atoms with van der Waals surface area (Å²) in [6.45, 7) is 0.943. The maximum absolute atomic E-state index is 12.4. The van der Waals surface area contributed by atoms with Gasteiger partial charge >= 0.3 is 5.97 Å². The number of amides is 1. The van der Waals surface area contributed by atoms with E-state index in [2.05, 4.69) is 0 Å². The van der Waals surface area contributed by atoms with Crippen LogP contribution in [0, 0.1) is 0 Å². The lowest BCUT2D eigenvalue weighted by Crippen LogP contribution is -2.22. The van der Waals surface area contributed by atoms with Gasteiger partial charge < -0.3 is 14.4 Å². The number of carboxylic acids is 1. The average molecular weight is 328 g/mol. The Morgan fingerprint density at radius 1 is 1.17 bits per heavy atom. The number of rotatable bonds is 3. The van der Waals surface area contributed by atoms with Crippen LogP contribution in [0.5, 0.6) is 5.75 Å². The van der Waals surface area contributed by atoms with Gasteiger partial charge in [-0.3, -0.25) is 14.7 Å². The molecular weight excluding hydrogens is 312 g/mol. The van der Waals surface area contributed by atoms with Crippen LogP contribution in [0.4, 0.5) is 11.5 Å². The zero-order valence-electron chi connectivity index (χ0n) is 13.3. The molecule has 1 aromatic heterocycles. The molecule has 1 atom stereocenters. The SMILES string of the molecule is CN1CN1C(=O)c1cc2c(n1C)N(c1ccc(C(=O)O)cc1)CO2. The van der Waals surface area contributed by atoms with Crippen molar-refractivity contribution in [3.63, 3.8) is 0 Å². The van der Waals surface area contributed by atoms with Gasteiger partial charge in [0.1, 0.15) is 12.4 Å². The summed E-state index contributed by atoms with van der Waals surface area (Å²) in [5, 5.41) is 12.5. The highest BCUT2D eigenvalue weighted by Crippen LogP contribution is 2.41. The van der Waals surface area contributed by atoms with Gasteiger partial charge in [0.05, 0.1) is 5.56 Å². The fourth-order valence-electron chi connectivity index (χ4n) is 2.88. The van der Waals surface area contributed by atoms with E-state index in [1.165, 1.54) is 0 Å². The average Bonchev–Trinajstić information content (AvgIpc) is 3.02. The second-order valence-electron chi connectivity index (χ2n) is 5.83. The Bertz CT molecular complexity index is 843. The first-order chi connectivity index (χ1) is 11.5. The fraction of sp³-hybridized carbons (Fsp3) is 0.250. The van der Waals surface area contributed by atoms with Crippen LogP contribution in [0.25, 0.3) is 0 Å². The Morgan fingerprint density at radius 2 is 1.83 bits per heavy atom. The van der Waals surface area contributed by atoms with Crippen molar-refractivity contribution in [3.05, 3.63) is 41.6 Å². The molecule has 4 rings (SSSR count). The van der Waals surface area contributed by atoms with Crippen LogP contribution >= 0.6 is 0 Å². The lowest BCUT2D eigenvalue weighted by Gasteiger charge is -2.19. The Morgan fingerprint density at radius 3 is 2.42 bits per heavy atom. The lowest BCUT2D eigenvalue weighted by atomic mass is 10.2. The standard InChI is InChI=1S/C16H16N4O4/c1-17-8-20(17)15(21)12-7-13-14(18(12)2)19(9-24-13)11-5-3-10(4-6-11)16(22)23/h3-7H,8-9H2,1-2H3,(H,22,23). The van der Waals surface area contributed by atoms with Gasteiger partial charge in [0.2, 0.25) is 0 Å². The highest BCUT2D eigenvalue weighted by molar-refractivity contribution is 5.96. The topological polar surface area (TPSA) is 77.8 Å². The van der Waals surface area contributed by atoms with Crippen molar-refractivity contribution in [1.82, 2.24) is 14.6 Å². The number of carbonyl (C=O) groups is 2. The highest BCUT2D eigenvalue weighted by Gasteiger charge is 2.37. The van der Waals surface area contributed by atoms with Gasteiger partial charge in [-0.25, -0.2) is 4.79 Å². The van der Waals surface area contributed by atoms with Gasteiger partial charge in [-0.2, -0.15) is 5.01 Å². The van der Waals surface area contributed by atoms with Crippen molar-refractivity contribution >= 4 is 23.4 Å². The number of nitrogens with zero attached hydrogens (tertiary/aromatic N) is 4. The van der Waals surface area contributed by atoms with Crippen LogP contribution < -0.4 is 9.64 Å². The van der Waals surface area contributed by atoms with E-state index in [0.717, 1.165) is 11.5 Å². The molecule has 0 radical (unpaired) electrons. The minimum absolute atomic E-state index is 0.0702. The molecule has 3 heterocycles. The maximum Gasteiger partial charge on any atom is 0.335 e. The van der Waals surface area contributed by atoms with Gasteiger partial charge in [-0.15, -0.1) is 0 Å². The number of hydrogen-bond acceptors (Lipinski definition) is 5. The third-order valence-electron chi connectivity index (χ3n) is 4.32. The molecule has 1 saturated heterocycles. The molecule has 8 nitrogen and oxygen atoms in total. The first kappa shape index (κ1) is 14.6. The van der Waals surface area contributed by atoms with E-state index in [9.17, 15) is 9.59 Å². The molecule has 1 unspecified atom stereocenters. The summed E-state index contributed by atoms with van der Waals surface area (Å²) in [7, 11) is 3.67. The van der Waals surface area contributed by atoms with E-state index in [4.69, 9.17) is 9.84 Å². The van der Waals surface area contributed by atoms with Gasteiger partial charge in [-0.05, 0) is 24.3 Å². The molecular formula is C16H16N4O4. The molecule has 8 heteroatoms. The van der Waals surface area contributed by atoms with Crippen molar-refractivity contribution in [2.75, 3.05) is 25.3 Å². The van der Waals surface area contributed by atoms with Crippen molar-refractivity contribution in [2.45, 2.75) is 0 Å².